The lowest BCUT2D eigenvalue weighted by atomic mass is 10.0. The monoisotopic (exact) mass is 209 g/mol. The van der Waals surface area contributed by atoms with E-state index in [0.717, 1.165) is 18.4 Å². The number of hydrogen-bond donors (Lipinski definition) is 0. The Balaban J connectivity index is 2.28. The second-order valence-corrected chi connectivity index (χ2v) is 3.66. The van der Waals surface area contributed by atoms with Crippen LogP contribution in [0.3, 0.4) is 0 Å². The van der Waals surface area contributed by atoms with E-state index in [1.165, 1.54) is 18.2 Å². The Morgan fingerprint density at radius 3 is 2.27 bits per heavy atom. The quantitative estimate of drug-likeness (QED) is 0.555. The van der Waals surface area contributed by atoms with Gasteiger partial charge in [-0.3, -0.25) is 0 Å². The van der Waals surface area contributed by atoms with Crippen LogP contribution in [-0.2, 0) is 10.3 Å². The van der Waals surface area contributed by atoms with Crippen molar-refractivity contribution in [3.8, 4) is 0 Å². The molecule has 0 atom stereocenters. The van der Waals surface area contributed by atoms with Gasteiger partial charge in [0.25, 0.3) is 6.43 Å². The maximum Gasteiger partial charge on any atom is 0.263 e. The highest BCUT2D eigenvalue weighted by Gasteiger charge is 2.44. The molecule has 0 saturated heterocycles. The molecular weight excluding hydrogens is 200 g/mol. The predicted molar refractivity (Wildman–Crippen MR) is 50.4 cm³/mol. The Morgan fingerprint density at radius 2 is 1.87 bits per heavy atom. The molecule has 0 aliphatic heterocycles. The SMILES string of the molecule is O=C=NC1(c2ccc(C(F)F)cc2)CC1. The summed E-state index contributed by atoms with van der Waals surface area (Å²) in [4.78, 5) is 13.9. The number of hydrogen-bond acceptors (Lipinski definition) is 2. The summed E-state index contributed by atoms with van der Waals surface area (Å²) in [5, 5.41) is 0. The maximum atomic E-state index is 12.3. The van der Waals surface area contributed by atoms with E-state index in [4.69, 9.17) is 0 Å². The molecule has 0 spiro atoms. The number of halogens is 2. The minimum Gasteiger partial charge on any atom is -0.211 e. The van der Waals surface area contributed by atoms with Gasteiger partial charge >= 0.3 is 0 Å². The van der Waals surface area contributed by atoms with Crippen LogP contribution in [0.2, 0.25) is 0 Å². The first kappa shape index (κ1) is 9.99. The average Bonchev–Trinajstić information content (AvgIpc) is 3.00. The molecule has 1 aromatic rings. The Kier molecular flexibility index (Phi) is 2.37. The Morgan fingerprint density at radius 1 is 1.27 bits per heavy atom. The standard InChI is InChI=1S/C11H9F2NO/c12-10(13)8-1-3-9(4-2-8)11(5-6-11)14-7-15/h1-4,10H,5-6H2. The number of rotatable bonds is 3. The number of isocyanates is 1. The van der Waals surface area contributed by atoms with Gasteiger partial charge in [-0.15, -0.1) is 0 Å². The van der Waals surface area contributed by atoms with Crippen LogP contribution in [0.25, 0.3) is 0 Å². The molecule has 1 aromatic carbocycles. The summed E-state index contributed by atoms with van der Waals surface area (Å²) in [5.74, 6) is 0. The van der Waals surface area contributed by atoms with Crippen molar-refractivity contribution in [1.82, 2.24) is 0 Å². The summed E-state index contributed by atoms with van der Waals surface area (Å²) in [6, 6.07) is 5.96. The number of nitrogens with zero attached hydrogens (tertiary/aromatic N) is 1. The summed E-state index contributed by atoms with van der Waals surface area (Å²) in [7, 11) is 0. The number of alkyl halides is 2. The Labute approximate surface area is 85.6 Å². The summed E-state index contributed by atoms with van der Waals surface area (Å²) < 4.78 is 24.5. The zero-order chi connectivity index (χ0) is 10.9. The summed E-state index contributed by atoms with van der Waals surface area (Å²) >= 11 is 0. The van der Waals surface area contributed by atoms with Gasteiger partial charge in [-0.1, -0.05) is 24.3 Å². The van der Waals surface area contributed by atoms with Crippen molar-refractivity contribution in [1.29, 1.82) is 0 Å². The zero-order valence-electron chi connectivity index (χ0n) is 7.91. The third-order valence-corrected chi connectivity index (χ3v) is 2.68. The van der Waals surface area contributed by atoms with Gasteiger partial charge in [0, 0.05) is 5.56 Å². The second-order valence-electron chi connectivity index (χ2n) is 3.66. The van der Waals surface area contributed by atoms with Crippen LogP contribution in [0.5, 0.6) is 0 Å². The first-order valence-electron chi connectivity index (χ1n) is 4.65. The third-order valence-electron chi connectivity index (χ3n) is 2.68. The van der Waals surface area contributed by atoms with E-state index in [0.29, 0.717) is 0 Å². The van der Waals surface area contributed by atoms with E-state index in [1.807, 2.05) is 0 Å². The smallest absolute Gasteiger partial charge is 0.211 e. The van der Waals surface area contributed by atoms with Crippen molar-refractivity contribution >= 4 is 6.08 Å². The molecule has 0 bridgehead atoms. The molecule has 2 rings (SSSR count). The highest BCUT2D eigenvalue weighted by atomic mass is 19.3. The molecule has 0 aromatic heterocycles. The van der Waals surface area contributed by atoms with Crippen molar-refractivity contribution in [3.05, 3.63) is 35.4 Å². The number of benzene rings is 1. The van der Waals surface area contributed by atoms with Gasteiger partial charge in [-0.25, -0.2) is 13.6 Å². The molecule has 4 heteroatoms. The molecule has 1 saturated carbocycles. The molecule has 2 nitrogen and oxygen atoms in total. The molecule has 0 radical (unpaired) electrons. The van der Waals surface area contributed by atoms with E-state index < -0.39 is 12.0 Å². The fraction of sp³-hybridized carbons (Fsp3) is 0.364. The van der Waals surface area contributed by atoms with Crippen molar-refractivity contribution in [3.63, 3.8) is 0 Å². The Bertz CT molecular complexity index is 403. The van der Waals surface area contributed by atoms with E-state index in [-0.39, 0.29) is 5.56 Å². The summed E-state index contributed by atoms with van der Waals surface area (Å²) in [5.41, 5.74) is 0.336. The molecule has 0 N–H and O–H groups in total. The molecule has 1 aliphatic carbocycles. The van der Waals surface area contributed by atoms with Crippen molar-refractivity contribution in [2.75, 3.05) is 0 Å². The van der Waals surface area contributed by atoms with Crippen LogP contribution >= 0.6 is 0 Å². The first-order chi connectivity index (χ1) is 7.18. The number of aliphatic imine (C=N–C) groups is 1. The Hall–Kier alpha value is -1.54. The van der Waals surface area contributed by atoms with Crippen LogP contribution in [-0.4, -0.2) is 6.08 Å². The van der Waals surface area contributed by atoms with Crippen molar-refractivity contribution < 1.29 is 13.6 Å². The summed E-state index contributed by atoms with van der Waals surface area (Å²) in [6.07, 6.45) is 0.654. The second kappa shape index (κ2) is 3.55. The molecule has 0 unspecified atom stereocenters. The van der Waals surface area contributed by atoms with Gasteiger partial charge in [0.1, 0.15) is 0 Å². The van der Waals surface area contributed by atoms with Gasteiger partial charge < -0.3 is 0 Å². The highest BCUT2D eigenvalue weighted by Crippen LogP contribution is 2.49. The molecular formula is C11H9F2NO. The van der Waals surface area contributed by atoms with Crippen LogP contribution in [0.1, 0.15) is 30.4 Å². The minimum atomic E-state index is -2.45. The lowest BCUT2D eigenvalue weighted by Crippen LogP contribution is -2.02. The first-order valence-corrected chi connectivity index (χ1v) is 4.65. The van der Waals surface area contributed by atoms with Crippen molar-refractivity contribution in [2.45, 2.75) is 24.8 Å². The van der Waals surface area contributed by atoms with Crippen LogP contribution in [0, 0.1) is 0 Å². The van der Waals surface area contributed by atoms with Crippen molar-refractivity contribution in [2.24, 2.45) is 4.99 Å². The van der Waals surface area contributed by atoms with Gasteiger partial charge in [0.05, 0.1) is 5.54 Å². The van der Waals surface area contributed by atoms with Gasteiger partial charge in [-0.2, -0.15) is 4.99 Å². The van der Waals surface area contributed by atoms with Crippen LogP contribution in [0.15, 0.2) is 29.3 Å². The molecule has 0 amide bonds. The molecule has 78 valence electrons. The average molecular weight is 209 g/mol. The maximum absolute atomic E-state index is 12.3. The highest BCUT2D eigenvalue weighted by molar-refractivity contribution is 5.41. The lowest BCUT2D eigenvalue weighted by Gasteiger charge is -2.08. The molecule has 1 aliphatic rings. The zero-order valence-corrected chi connectivity index (χ0v) is 7.91. The lowest BCUT2D eigenvalue weighted by molar-refractivity contribution is 0.151. The fourth-order valence-electron chi connectivity index (χ4n) is 1.61. The van der Waals surface area contributed by atoms with E-state index in [9.17, 15) is 13.6 Å². The van der Waals surface area contributed by atoms with E-state index in [2.05, 4.69) is 4.99 Å². The largest absolute Gasteiger partial charge is 0.263 e. The van der Waals surface area contributed by atoms with Gasteiger partial charge in [-0.05, 0) is 18.4 Å². The predicted octanol–water partition coefficient (Wildman–Crippen LogP) is 2.95. The van der Waals surface area contributed by atoms with Gasteiger partial charge in [0.2, 0.25) is 6.08 Å². The number of carbonyl (C=O) groups excluding carboxylic acids is 1. The summed E-state index contributed by atoms with van der Waals surface area (Å²) in [6.45, 7) is 0. The van der Waals surface area contributed by atoms with Gasteiger partial charge in [0.15, 0.2) is 0 Å². The topological polar surface area (TPSA) is 29.4 Å². The van der Waals surface area contributed by atoms with E-state index >= 15 is 0 Å². The van der Waals surface area contributed by atoms with Crippen LogP contribution in [0.4, 0.5) is 8.78 Å². The van der Waals surface area contributed by atoms with Crippen LogP contribution < -0.4 is 0 Å². The third kappa shape index (κ3) is 1.81. The normalized spacial score (nSPS) is 17.3. The molecule has 1 fully saturated rings. The molecule has 0 heterocycles. The fourth-order valence-corrected chi connectivity index (χ4v) is 1.61. The minimum absolute atomic E-state index is 0.00960. The van der Waals surface area contributed by atoms with E-state index in [1.54, 1.807) is 12.1 Å². The molecule has 15 heavy (non-hydrogen) atoms.